The van der Waals surface area contributed by atoms with E-state index >= 15 is 0 Å². The van der Waals surface area contributed by atoms with Crippen LogP contribution in [0.3, 0.4) is 0 Å². The van der Waals surface area contributed by atoms with Crippen molar-refractivity contribution in [3.8, 4) is 11.8 Å². The van der Waals surface area contributed by atoms with Crippen LogP contribution in [-0.2, 0) is 12.3 Å². The van der Waals surface area contributed by atoms with Crippen LogP contribution in [0.1, 0.15) is 30.3 Å². The Bertz CT molecular complexity index is 857. The van der Waals surface area contributed by atoms with E-state index in [9.17, 15) is 5.26 Å². The summed E-state index contributed by atoms with van der Waals surface area (Å²) in [5.41, 5.74) is 3.29. The largest absolute Gasteiger partial charge is 0.326 e. The maximum absolute atomic E-state index is 9.52. The standard InChI is InChI=1S/C18H19N5S/c1-3-10-22-11-9-20-18(22)24-13-17-16(12-19)14(2)21-23(17)15-7-5-4-6-8-15/h4-9,11H,3,10,13H2,1-2H3. The van der Waals surface area contributed by atoms with Gasteiger partial charge in [-0.05, 0) is 25.5 Å². The van der Waals surface area contributed by atoms with Crippen molar-refractivity contribution in [2.24, 2.45) is 0 Å². The molecule has 0 aliphatic carbocycles. The molecule has 1 aromatic carbocycles. The van der Waals surface area contributed by atoms with Crippen LogP contribution >= 0.6 is 11.8 Å². The third kappa shape index (κ3) is 3.22. The van der Waals surface area contributed by atoms with Crippen LogP contribution in [0.25, 0.3) is 5.69 Å². The van der Waals surface area contributed by atoms with Gasteiger partial charge < -0.3 is 4.57 Å². The zero-order valence-electron chi connectivity index (χ0n) is 13.8. The van der Waals surface area contributed by atoms with Gasteiger partial charge in [0, 0.05) is 24.7 Å². The highest BCUT2D eigenvalue weighted by Gasteiger charge is 2.17. The summed E-state index contributed by atoms with van der Waals surface area (Å²) < 4.78 is 4.01. The Kier molecular flexibility index (Phi) is 5.02. The highest BCUT2D eigenvalue weighted by molar-refractivity contribution is 7.98. The van der Waals surface area contributed by atoms with E-state index in [4.69, 9.17) is 0 Å². The van der Waals surface area contributed by atoms with Gasteiger partial charge in [-0.25, -0.2) is 9.67 Å². The molecule has 0 N–H and O–H groups in total. The van der Waals surface area contributed by atoms with Crippen LogP contribution < -0.4 is 0 Å². The average Bonchev–Trinajstić information content (AvgIpc) is 3.17. The van der Waals surface area contributed by atoms with Gasteiger partial charge >= 0.3 is 0 Å². The molecule has 0 aliphatic rings. The van der Waals surface area contributed by atoms with Crippen molar-refractivity contribution in [3.05, 3.63) is 59.7 Å². The molecule has 122 valence electrons. The van der Waals surface area contributed by atoms with E-state index in [1.807, 2.05) is 54.3 Å². The summed E-state index contributed by atoms with van der Waals surface area (Å²) in [7, 11) is 0. The van der Waals surface area contributed by atoms with Gasteiger partial charge in [0.15, 0.2) is 5.16 Å². The predicted molar refractivity (Wildman–Crippen MR) is 95.1 cm³/mol. The molecule has 0 bridgehead atoms. The maximum atomic E-state index is 9.52. The molecule has 0 spiro atoms. The molecule has 0 saturated carbocycles. The topological polar surface area (TPSA) is 59.4 Å². The van der Waals surface area contributed by atoms with Crippen LogP contribution in [0, 0.1) is 18.3 Å². The lowest BCUT2D eigenvalue weighted by Crippen LogP contribution is -2.03. The van der Waals surface area contributed by atoms with Crippen LogP contribution in [0.15, 0.2) is 47.9 Å². The van der Waals surface area contributed by atoms with Crippen LogP contribution in [0.5, 0.6) is 0 Å². The molecule has 0 unspecified atom stereocenters. The number of thioether (sulfide) groups is 1. The third-order valence-corrected chi connectivity index (χ3v) is 4.76. The zero-order chi connectivity index (χ0) is 16.9. The number of imidazole rings is 1. The monoisotopic (exact) mass is 337 g/mol. The Hall–Kier alpha value is -2.52. The number of hydrogen-bond acceptors (Lipinski definition) is 4. The van der Waals surface area contributed by atoms with Crippen molar-refractivity contribution < 1.29 is 0 Å². The minimum atomic E-state index is 0.652. The maximum Gasteiger partial charge on any atom is 0.168 e. The Balaban J connectivity index is 1.92. The minimum Gasteiger partial charge on any atom is -0.326 e. The number of aryl methyl sites for hydroxylation is 2. The molecule has 5 nitrogen and oxygen atoms in total. The fourth-order valence-corrected chi connectivity index (χ4v) is 3.60. The summed E-state index contributed by atoms with van der Waals surface area (Å²) in [4.78, 5) is 4.43. The quantitative estimate of drug-likeness (QED) is 0.639. The molecule has 3 rings (SSSR count). The lowest BCUT2D eigenvalue weighted by atomic mass is 10.2. The number of rotatable bonds is 6. The SMILES string of the molecule is CCCn1ccnc1SCc1c(C#N)c(C)nn1-c1ccccc1. The highest BCUT2D eigenvalue weighted by atomic mass is 32.2. The lowest BCUT2D eigenvalue weighted by molar-refractivity contribution is 0.620. The Morgan fingerprint density at radius 2 is 2.04 bits per heavy atom. The number of hydrogen-bond donors (Lipinski definition) is 0. The summed E-state index contributed by atoms with van der Waals surface area (Å²) in [6.07, 6.45) is 4.88. The molecule has 0 saturated heterocycles. The lowest BCUT2D eigenvalue weighted by Gasteiger charge is -2.09. The molecule has 0 radical (unpaired) electrons. The molecule has 3 aromatic rings. The van der Waals surface area contributed by atoms with E-state index in [2.05, 4.69) is 27.6 Å². The minimum absolute atomic E-state index is 0.652. The first kappa shape index (κ1) is 16.3. The normalized spacial score (nSPS) is 10.7. The van der Waals surface area contributed by atoms with Crippen LogP contribution in [0.4, 0.5) is 0 Å². The summed E-state index contributed by atoms with van der Waals surface area (Å²) >= 11 is 1.64. The van der Waals surface area contributed by atoms with Gasteiger partial charge in [0.25, 0.3) is 0 Å². The summed E-state index contributed by atoms with van der Waals surface area (Å²) in [6, 6.07) is 12.2. The van der Waals surface area contributed by atoms with Crippen molar-refractivity contribution in [3.63, 3.8) is 0 Å². The predicted octanol–water partition coefficient (Wildman–Crippen LogP) is 3.95. The molecule has 0 atom stereocenters. The van der Waals surface area contributed by atoms with E-state index in [-0.39, 0.29) is 0 Å². The Morgan fingerprint density at radius 1 is 1.25 bits per heavy atom. The van der Waals surface area contributed by atoms with Crippen molar-refractivity contribution in [2.75, 3.05) is 0 Å². The molecule has 0 fully saturated rings. The number of nitrogens with zero attached hydrogens (tertiary/aromatic N) is 5. The number of aromatic nitrogens is 4. The van der Waals surface area contributed by atoms with Crippen molar-refractivity contribution >= 4 is 11.8 Å². The van der Waals surface area contributed by atoms with Gasteiger partial charge in [0.2, 0.25) is 0 Å². The average molecular weight is 337 g/mol. The van der Waals surface area contributed by atoms with E-state index in [1.54, 1.807) is 11.8 Å². The molecular formula is C18H19N5S. The molecule has 2 aromatic heterocycles. The fraction of sp³-hybridized carbons (Fsp3) is 0.278. The van der Waals surface area contributed by atoms with E-state index in [0.717, 1.165) is 35.2 Å². The zero-order valence-corrected chi connectivity index (χ0v) is 14.6. The second kappa shape index (κ2) is 7.37. The smallest absolute Gasteiger partial charge is 0.168 e. The van der Waals surface area contributed by atoms with Gasteiger partial charge in [-0.15, -0.1) is 0 Å². The van der Waals surface area contributed by atoms with Crippen molar-refractivity contribution in [1.29, 1.82) is 5.26 Å². The first-order chi connectivity index (χ1) is 11.7. The van der Waals surface area contributed by atoms with Crippen LogP contribution in [0.2, 0.25) is 0 Å². The van der Waals surface area contributed by atoms with Gasteiger partial charge in [0.1, 0.15) is 6.07 Å². The molecule has 0 aliphatic heterocycles. The number of nitriles is 1. The van der Waals surface area contributed by atoms with E-state index < -0.39 is 0 Å². The second-order valence-electron chi connectivity index (χ2n) is 5.46. The van der Waals surface area contributed by atoms with Crippen molar-refractivity contribution in [2.45, 2.75) is 37.7 Å². The van der Waals surface area contributed by atoms with Crippen LogP contribution in [-0.4, -0.2) is 19.3 Å². The molecule has 0 amide bonds. The van der Waals surface area contributed by atoms with Gasteiger partial charge in [0.05, 0.1) is 22.6 Å². The van der Waals surface area contributed by atoms with E-state index in [0.29, 0.717) is 11.3 Å². The Labute approximate surface area is 145 Å². The first-order valence-corrected chi connectivity index (χ1v) is 8.91. The van der Waals surface area contributed by atoms with Gasteiger partial charge in [-0.1, -0.05) is 36.9 Å². The van der Waals surface area contributed by atoms with Crippen molar-refractivity contribution in [1.82, 2.24) is 19.3 Å². The van der Waals surface area contributed by atoms with Gasteiger partial charge in [-0.3, -0.25) is 0 Å². The second-order valence-corrected chi connectivity index (χ2v) is 6.40. The Morgan fingerprint density at radius 3 is 2.75 bits per heavy atom. The summed E-state index contributed by atoms with van der Waals surface area (Å²) in [6.45, 7) is 4.98. The highest BCUT2D eigenvalue weighted by Crippen LogP contribution is 2.26. The summed E-state index contributed by atoms with van der Waals surface area (Å²) in [5.74, 6) is 0.652. The fourth-order valence-electron chi connectivity index (χ4n) is 2.62. The third-order valence-electron chi connectivity index (χ3n) is 3.75. The first-order valence-electron chi connectivity index (χ1n) is 7.92. The molecular weight excluding hydrogens is 318 g/mol. The number of benzene rings is 1. The summed E-state index contributed by atoms with van der Waals surface area (Å²) in [5, 5.41) is 15.1. The van der Waals surface area contributed by atoms with Gasteiger partial charge in [-0.2, -0.15) is 10.4 Å². The molecule has 6 heteroatoms. The number of para-hydroxylation sites is 1. The van der Waals surface area contributed by atoms with E-state index in [1.165, 1.54) is 0 Å². The molecule has 24 heavy (non-hydrogen) atoms. The molecule has 2 heterocycles.